The number of carbonyl (C=O) groups is 1. The van der Waals surface area contributed by atoms with Crippen LogP contribution in [0.5, 0.6) is 11.5 Å². The fraction of sp³-hybridized carbons (Fsp3) is 0.481. The predicted octanol–water partition coefficient (Wildman–Crippen LogP) is 10.2. The van der Waals surface area contributed by atoms with Gasteiger partial charge in [-0.15, -0.1) is 0 Å². The molecule has 1 amide bonds. The predicted molar refractivity (Wildman–Crippen MR) is 407 cm³/mol. The van der Waals surface area contributed by atoms with E-state index in [0.29, 0.717) is 75.1 Å². The number of amides is 1. The second-order valence-corrected chi connectivity index (χ2v) is 34.3. The monoisotopic (exact) mass is 1420 g/mol. The van der Waals surface area contributed by atoms with Gasteiger partial charge in [-0.2, -0.15) is 0 Å². The number of nitrogens with zero attached hydrogens (tertiary/aromatic N) is 5. The zero-order chi connectivity index (χ0) is 72.6. The minimum Gasteiger partial charge on any atom is -0.497 e. The van der Waals surface area contributed by atoms with Crippen LogP contribution in [-0.4, -0.2) is 168 Å². The number of carbonyl (C=O) groups excluding carboxylic acids is 1. The number of nitrogens with two attached hydrogens (primary N) is 1. The minimum absolute atomic E-state index is 0.220. The number of rotatable bonds is 23. The maximum absolute atomic E-state index is 13.7. The van der Waals surface area contributed by atoms with E-state index in [2.05, 4.69) is 76.9 Å². The molecule has 2 fully saturated rings. The molecule has 540 valence electrons. The molecule has 5 heterocycles. The highest BCUT2D eigenvalue weighted by Gasteiger charge is 2.27. The summed E-state index contributed by atoms with van der Waals surface area (Å²) >= 11 is 0. The van der Waals surface area contributed by atoms with Crippen molar-refractivity contribution in [2.75, 3.05) is 120 Å². The molecule has 23 heteroatoms. The third kappa shape index (κ3) is 30.3. The standard InChI is InChI=1S/C43H54N6O4P2.C19H22NO3P.C15H32N4O2/c1-7-53-55(6,51)43-27-37(18-15-34-13-11-33(2)12-14-34)25-39(47-43)29-48-28-38(10-8-9-23-44)45-31-49(32-48)30-40-24-36(26-42(46-40)54(4,5)50)17-16-35-19-21-41(52-3)22-20-35;1-5-17-13-16(14-19(20-17)24(4,21)23-6-2)8-7-15-9-11-18(22-3)12-10-15;1-15(2,3)21-14(20)19-7-5-4-6-13-12-17-9-8-16-10-11-18-13/h11-14,19-22,24-27,38,45H,7-10,23,28-32,44H2,1-6H3;9-14H,5-6H2,1-4H3;13,16-18H,4-12H2,1-3H3,(H,19,20)/t38-,55?;;13-/m0.0/s1. The summed E-state index contributed by atoms with van der Waals surface area (Å²) in [6.45, 7) is 30.2. The molecular formula is C77H108N11O9P3. The molecule has 6 aromatic rings. The molecule has 3 aromatic heterocycles. The average Bonchev–Trinajstić information content (AvgIpc) is 1.15. The van der Waals surface area contributed by atoms with Gasteiger partial charge in [-0.1, -0.05) is 73.0 Å². The van der Waals surface area contributed by atoms with E-state index in [1.165, 1.54) is 5.56 Å². The van der Waals surface area contributed by atoms with Crippen LogP contribution >= 0.6 is 21.9 Å². The van der Waals surface area contributed by atoms with Crippen LogP contribution in [0.1, 0.15) is 136 Å². The zero-order valence-corrected chi connectivity index (χ0v) is 63.9. The SMILES string of the molecule is CC(C)(C)OC(=O)NCCCC[C@H]1CNCCNCCN1.CCOP(C)(=O)c1cc(C#Cc2ccc(C)cc2)cc(CN2C[C@H](CCCCN)NCN(Cc3cc(C#Cc4ccc(OC)cc4)cc(P(C)(C)=O)n3)C2)n1.CCOP(C)(=O)c1cc(C#Cc2ccc(OC)cc2)cc(CC)n1. The van der Waals surface area contributed by atoms with Gasteiger partial charge in [0.05, 0.1) is 45.5 Å². The van der Waals surface area contributed by atoms with Crippen molar-refractivity contribution in [1.82, 2.24) is 51.3 Å². The zero-order valence-electron chi connectivity index (χ0n) is 61.2. The summed E-state index contributed by atoms with van der Waals surface area (Å²) in [6.07, 6.45) is 6.59. The van der Waals surface area contributed by atoms with E-state index in [9.17, 15) is 18.5 Å². The molecule has 3 aromatic carbocycles. The van der Waals surface area contributed by atoms with Gasteiger partial charge in [-0.05, 0) is 191 Å². The van der Waals surface area contributed by atoms with E-state index in [-0.39, 0.29) is 12.1 Å². The first-order valence-electron chi connectivity index (χ1n) is 34.7. The molecule has 4 atom stereocenters. The van der Waals surface area contributed by atoms with Crippen LogP contribution in [0.2, 0.25) is 0 Å². The number of unbranched alkanes of at least 4 members (excludes halogenated alkanes) is 2. The molecule has 20 nitrogen and oxygen atoms in total. The maximum atomic E-state index is 13.7. The van der Waals surface area contributed by atoms with E-state index in [4.69, 9.17) is 39.0 Å². The number of hydrogen-bond donors (Lipinski definition) is 6. The van der Waals surface area contributed by atoms with Crippen LogP contribution in [0.4, 0.5) is 4.79 Å². The lowest BCUT2D eigenvalue weighted by Gasteiger charge is -2.27. The summed E-state index contributed by atoms with van der Waals surface area (Å²) in [7, 11) is -5.51. The molecule has 2 saturated heterocycles. The molecule has 0 bridgehead atoms. The molecule has 7 N–H and O–H groups in total. The van der Waals surface area contributed by atoms with Gasteiger partial charge < -0.3 is 60.1 Å². The first-order valence-corrected chi connectivity index (χ1v) is 41.5. The number of ether oxygens (including phenoxy) is 3. The van der Waals surface area contributed by atoms with Gasteiger partial charge in [0.1, 0.15) is 40.5 Å². The number of aryl methyl sites for hydroxylation is 2. The van der Waals surface area contributed by atoms with Crippen LogP contribution in [0, 0.1) is 42.4 Å². The van der Waals surface area contributed by atoms with Crippen molar-refractivity contribution in [3.63, 3.8) is 0 Å². The van der Waals surface area contributed by atoms with Gasteiger partial charge in [0, 0.05) is 130 Å². The second kappa shape index (κ2) is 41.8. The van der Waals surface area contributed by atoms with Crippen molar-refractivity contribution in [2.45, 2.75) is 124 Å². The van der Waals surface area contributed by atoms with Crippen LogP contribution in [0.25, 0.3) is 0 Å². The Labute approximate surface area is 596 Å². The number of methoxy groups -OCH3 is 2. The molecule has 0 saturated carbocycles. The third-order valence-corrected chi connectivity index (χ3v) is 20.8. The molecule has 0 spiro atoms. The van der Waals surface area contributed by atoms with Crippen molar-refractivity contribution >= 4 is 44.3 Å². The summed E-state index contributed by atoms with van der Waals surface area (Å²) in [5, 5.41) is 16.9. The highest BCUT2D eigenvalue weighted by Crippen LogP contribution is 2.41. The van der Waals surface area contributed by atoms with E-state index < -0.39 is 27.5 Å². The average molecular weight is 1420 g/mol. The first-order chi connectivity index (χ1) is 47.8. The van der Waals surface area contributed by atoms with Crippen LogP contribution < -0.4 is 58.1 Å². The Hall–Kier alpha value is -7.01. The summed E-state index contributed by atoms with van der Waals surface area (Å²) in [6, 6.07) is 35.2. The van der Waals surface area contributed by atoms with Gasteiger partial charge in [0.25, 0.3) is 0 Å². The van der Waals surface area contributed by atoms with Crippen LogP contribution in [-0.2, 0) is 47.0 Å². The Kier molecular flexibility index (Phi) is 34.3. The number of nitrogens with one attached hydrogen (secondary N) is 5. The molecule has 2 unspecified atom stereocenters. The summed E-state index contributed by atoms with van der Waals surface area (Å²) in [5.41, 5.74) is 15.4. The van der Waals surface area contributed by atoms with Gasteiger partial charge in [0.2, 0.25) is 14.7 Å². The van der Waals surface area contributed by atoms with Gasteiger partial charge >= 0.3 is 6.09 Å². The quantitative estimate of drug-likeness (QED) is 0.0198. The number of pyridine rings is 3. The van der Waals surface area contributed by atoms with Crippen molar-refractivity contribution in [3.05, 3.63) is 165 Å². The summed E-state index contributed by atoms with van der Waals surface area (Å²) in [5.74, 6) is 20.9. The molecule has 0 radical (unpaired) electrons. The summed E-state index contributed by atoms with van der Waals surface area (Å²) in [4.78, 5) is 30.4. The fourth-order valence-electron chi connectivity index (χ4n) is 10.7. The lowest BCUT2D eigenvalue weighted by molar-refractivity contribution is 0.0526. The van der Waals surface area contributed by atoms with E-state index in [1.807, 2.05) is 146 Å². The van der Waals surface area contributed by atoms with Crippen molar-refractivity contribution in [2.24, 2.45) is 5.73 Å². The molecule has 2 aliphatic heterocycles. The first kappa shape index (κ1) is 82.0. The highest BCUT2D eigenvalue weighted by molar-refractivity contribution is 7.69. The minimum atomic E-state index is -3.18. The largest absolute Gasteiger partial charge is 0.497 e. The molecule has 100 heavy (non-hydrogen) atoms. The Morgan fingerprint density at radius 3 is 1.55 bits per heavy atom. The smallest absolute Gasteiger partial charge is 0.407 e. The van der Waals surface area contributed by atoms with E-state index in [1.54, 1.807) is 53.0 Å². The van der Waals surface area contributed by atoms with Crippen molar-refractivity contribution in [1.29, 1.82) is 0 Å². The molecule has 0 aliphatic carbocycles. The highest BCUT2D eigenvalue weighted by atomic mass is 31.2. The molecule has 2 aliphatic rings. The number of alkyl carbamates (subject to hydrolysis) is 1. The lowest BCUT2D eigenvalue weighted by atomic mass is 10.1. The van der Waals surface area contributed by atoms with E-state index >= 15 is 0 Å². The third-order valence-electron chi connectivity index (χ3n) is 15.9. The fourth-order valence-corrected chi connectivity index (χ4v) is 14.1. The Morgan fingerprint density at radius 1 is 0.580 bits per heavy atom. The second-order valence-electron chi connectivity index (χ2n) is 26.3. The van der Waals surface area contributed by atoms with Crippen LogP contribution in [0.15, 0.2) is 109 Å². The van der Waals surface area contributed by atoms with Gasteiger partial charge in [0.15, 0.2) is 0 Å². The summed E-state index contributed by atoms with van der Waals surface area (Å²) < 4.78 is 66.4. The Balaban J connectivity index is 0.000000286. The van der Waals surface area contributed by atoms with Gasteiger partial charge in [-0.3, -0.25) is 18.9 Å². The maximum Gasteiger partial charge on any atom is 0.407 e. The number of aromatic nitrogens is 3. The molecule has 8 rings (SSSR count). The lowest BCUT2D eigenvalue weighted by Crippen LogP contribution is -2.39. The normalized spacial score (nSPS) is 16.4. The Bertz CT molecular complexity index is 3880. The topological polar surface area (TPSA) is 246 Å². The van der Waals surface area contributed by atoms with Crippen LogP contribution in [0.3, 0.4) is 0 Å². The van der Waals surface area contributed by atoms with Gasteiger partial charge in [-0.25, -0.2) is 19.7 Å². The number of hydrogen-bond acceptors (Lipinski definition) is 19. The van der Waals surface area contributed by atoms with Crippen molar-refractivity contribution in [3.8, 4) is 47.0 Å². The van der Waals surface area contributed by atoms with E-state index in [0.717, 1.165) is 146 Å². The molecular weight excluding hydrogens is 1320 g/mol. The number of benzene rings is 3. The Morgan fingerprint density at radius 2 is 1.04 bits per heavy atom. The van der Waals surface area contributed by atoms with Crippen molar-refractivity contribution < 1.29 is 41.7 Å².